The molecule has 0 spiro atoms. The first-order valence-electron chi connectivity index (χ1n) is 8.61. The van der Waals surface area contributed by atoms with Gasteiger partial charge in [-0.25, -0.2) is 4.79 Å². The van der Waals surface area contributed by atoms with Crippen LogP contribution < -0.4 is 5.73 Å². The van der Waals surface area contributed by atoms with Crippen molar-refractivity contribution < 1.29 is 22.9 Å². The van der Waals surface area contributed by atoms with Crippen molar-refractivity contribution in [2.24, 2.45) is 5.73 Å². The van der Waals surface area contributed by atoms with Crippen molar-refractivity contribution >= 4 is 27.8 Å². The fourth-order valence-corrected chi connectivity index (χ4v) is 3.52. The molecule has 2 aromatic rings. The van der Waals surface area contributed by atoms with Crippen LogP contribution in [-0.2, 0) is 10.1 Å². The first-order valence-corrected chi connectivity index (χ1v) is 10.4. The lowest BCUT2D eigenvalue weighted by molar-refractivity contribution is 0.126. The molecule has 7 nitrogen and oxygen atoms in total. The summed E-state index contributed by atoms with van der Waals surface area (Å²) >= 11 is 5.83. The number of aryl methyl sites for hydroxylation is 1. The fraction of sp³-hybridized carbons (Fsp3) is 0.316. The summed E-state index contributed by atoms with van der Waals surface area (Å²) in [6.45, 7) is 2.81. The largest absolute Gasteiger partial charge is 0.465 e. The summed E-state index contributed by atoms with van der Waals surface area (Å²) < 4.78 is 29.6. The van der Waals surface area contributed by atoms with E-state index in [0.717, 1.165) is 11.1 Å². The monoisotopic (exact) mass is 426 g/mol. The molecular weight excluding hydrogens is 404 g/mol. The van der Waals surface area contributed by atoms with E-state index in [1.807, 2.05) is 31.2 Å². The van der Waals surface area contributed by atoms with Crippen LogP contribution in [-0.4, -0.2) is 48.2 Å². The van der Waals surface area contributed by atoms with Gasteiger partial charge in [0.25, 0.3) is 10.1 Å². The Morgan fingerprint density at radius 1 is 1.14 bits per heavy atom. The van der Waals surface area contributed by atoms with E-state index in [4.69, 9.17) is 27.0 Å². The molecule has 1 aliphatic heterocycles. The molecular formula is C19H23ClN2O5S. The zero-order chi connectivity index (χ0) is 20.9. The number of amides is 1. The molecule has 2 aromatic carbocycles. The molecule has 1 amide bonds. The first-order chi connectivity index (χ1) is 13.1. The summed E-state index contributed by atoms with van der Waals surface area (Å²) in [5, 5.41) is 9.67. The van der Waals surface area contributed by atoms with E-state index in [1.54, 1.807) is 12.1 Å². The third kappa shape index (κ3) is 6.20. The van der Waals surface area contributed by atoms with E-state index < -0.39 is 16.2 Å². The minimum Gasteiger partial charge on any atom is -0.465 e. The zero-order valence-electron chi connectivity index (χ0n) is 15.3. The summed E-state index contributed by atoms with van der Waals surface area (Å²) in [5.74, 6) is 0.0529. The van der Waals surface area contributed by atoms with Gasteiger partial charge in [-0.15, -0.1) is 0 Å². The highest BCUT2D eigenvalue weighted by Gasteiger charge is 2.30. The van der Waals surface area contributed by atoms with Crippen LogP contribution in [0.5, 0.6) is 0 Å². The molecule has 9 heteroatoms. The number of nitrogens with two attached hydrogens (primary N) is 1. The van der Waals surface area contributed by atoms with Crippen molar-refractivity contribution in [2.45, 2.75) is 30.2 Å². The van der Waals surface area contributed by atoms with Crippen LogP contribution in [0.2, 0.25) is 5.02 Å². The molecule has 1 fully saturated rings. The van der Waals surface area contributed by atoms with Gasteiger partial charge in [-0.05, 0) is 43.2 Å². The molecule has 0 bridgehead atoms. The maximum Gasteiger partial charge on any atom is 0.407 e. The Balaban J connectivity index is 0.000000221. The lowest BCUT2D eigenvalue weighted by Gasteiger charge is -2.35. The van der Waals surface area contributed by atoms with Crippen LogP contribution in [0.15, 0.2) is 53.4 Å². The van der Waals surface area contributed by atoms with Gasteiger partial charge in [0.05, 0.1) is 4.90 Å². The maximum absolute atomic E-state index is 11.0. The zero-order valence-corrected chi connectivity index (χ0v) is 16.9. The van der Waals surface area contributed by atoms with E-state index in [0.29, 0.717) is 24.5 Å². The average molecular weight is 427 g/mol. The number of likely N-dealkylation sites (tertiary alicyclic amines) is 1. The molecule has 1 heterocycles. The molecule has 4 N–H and O–H groups in total. The second kappa shape index (κ2) is 9.38. The smallest absolute Gasteiger partial charge is 0.407 e. The second-order valence-electron chi connectivity index (χ2n) is 6.63. The Morgan fingerprint density at radius 2 is 1.71 bits per heavy atom. The Morgan fingerprint density at radius 3 is 2.21 bits per heavy atom. The quantitative estimate of drug-likeness (QED) is 0.633. The van der Waals surface area contributed by atoms with Gasteiger partial charge in [0, 0.05) is 30.1 Å². The van der Waals surface area contributed by atoms with Crippen molar-refractivity contribution in [3.8, 4) is 0 Å². The summed E-state index contributed by atoms with van der Waals surface area (Å²) in [6.07, 6.45) is -0.185. The predicted octanol–water partition coefficient (Wildman–Crippen LogP) is 3.38. The minimum absolute atomic E-state index is 0.00627. The third-order valence-electron chi connectivity index (χ3n) is 4.55. The van der Waals surface area contributed by atoms with Crippen LogP contribution in [0.25, 0.3) is 0 Å². The normalized spacial score (nSPS) is 19.5. The SMILES string of the molecule is Cc1ccc(S(=O)(=O)O)cc1.N[C@@H]1CCN(C(=O)O)C[C@H]1c1ccc(Cl)cc1. The van der Waals surface area contributed by atoms with Crippen molar-refractivity contribution in [3.05, 3.63) is 64.7 Å². The van der Waals surface area contributed by atoms with Gasteiger partial charge >= 0.3 is 6.09 Å². The summed E-state index contributed by atoms with van der Waals surface area (Å²) in [5.41, 5.74) is 8.06. The Kier molecular flexibility index (Phi) is 7.42. The van der Waals surface area contributed by atoms with Gasteiger partial charge in [0.2, 0.25) is 0 Å². The molecule has 0 aliphatic carbocycles. The molecule has 2 atom stereocenters. The van der Waals surface area contributed by atoms with Crippen molar-refractivity contribution in [1.82, 2.24) is 4.90 Å². The molecule has 28 heavy (non-hydrogen) atoms. The standard InChI is InChI=1S/C12H15ClN2O2.C7H8O3S/c13-9-3-1-8(2-4-9)10-7-15(12(16)17)6-5-11(10)14;1-6-2-4-7(5-3-6)11(8,9)10/h1-4,10-11H,5-7,14H2,(H,16,17);2-5H,1H3,(H,8,9,10)/t10-,11+;/m0./s1. The molecule has 1 saturated heterocycles. The number of piperidine rings is 1. The minimum atomic E-state index is -4.02. The van der Waals surface area contributed by atoms with Gasteiger partial charge < -0.3 is 15.7 Å². The van der Waals surface area contributed by atoms with E-state index in [1.165, 1.54) is 17.0 Å². The summed E-state index contributed by atoms with van der Waals surface area (Å²) in [6, 6.07) is 13.4. The highest BCUT2D eigenvalue weighted by atomic mass is 35.5. The number of hydrogen-bond donors (Lipinski definition) is 3. The number of carbonyl (C=O) groups is 1. The topological polar surface area (TPSA) is 121 Å². The lowest BCUT2D eigenvalue weighted by atomic mass is 9.87. The van der Waals surface area contributed by atoms with Gasteiger partial charge in [-0.2, -0.15) is 8.42 Å². The fourth-order valence-electron chi connectivity index (χ4n) is 2.92. The van der Waals surface area contributed by atoms with E-state index in [-0.39, 0.29) is 16.9 Å². The number of rotatable bonds is 2. The van der Waals surface area contributed by atoms with Crippen LogP contribution in [0.1, 0.15) is 23.5 Å². The van der Waals surface area contributed by atoms with E-state index >= 15 is 0 Å². The third-order valence-corrected chi connectivity index (χ3v) is 5.67. The molecule has 1 aliphatic rings. The average Bonchev–Trinajstić information content (AvgIpc) is 2.63. The lowest BCUT2D eigenvalue weighted by Crippen LogP contribution is -2.47. The maximum atomic E-state index is 11.0. The molecule has 0 saturated carbocycles. The van der Waals surface area contributed by atoms with Gasteiger partial charge in [-0.1, -0.05) is 41.4 Å². The molecule has 0 aromatic heterocycles. The number of nitrogens with zero attached hydrogens (tertiary/aromatic N) is 1. The Bertz CT molecular complexity index is 901. The second-order valence-corrected chi connectivity index (χ2v) is 8.49. The number of halogens is 1. The van der Waals surface area contributed by atoms with Gasteiger partial charge in [-0.3, -0.25) is 4.55 Å². The van der Waals surface area contributed by atoms with E-state index in [2.05, 4.69) is 0 Å². The summed E-state index contributed by atoms with van der Waals surface area (Å²) in [7, 11) is -4.02. The summed E-state index contributed by atoms with van der Waals surface area (Å²) in [4.78, 5) is 12.3. The molecule has 0 radical (unpaired) electrons. The van der Waals surface area contributed by atoms with Crippen molar-refractivity contribution in [1.29, 1.82) is 0 Å². The number of hydrogen-bond acceptors (Lipinski definition) is 4. The molecule has 0 unspecified atom stereocenters. The highest BCUT2D eigenvalue weighted by Crippen LogP contribution is 2.27. The van der Waals surface area contributed by atoms with Gasteiger partial charge in [0.15, 0.2) is 0 Å². The molecule has 3 rings (SSSR count). The number of carboxylic acid groups (broad SMARTS) is 1. The van der Waals surface area contributed by atoms with Crippen LogP contribution in [0.3, 0.4) is 0 Å². The Hall–Kier alpha value is -2.13. The van der Waals surface area contributed by atoms with Crippen molar-refractivity contribution in [2.75, 3.05) is 13.1 Å². The van der Waals surface area contributed by atoms with Crippen LogP contribution in [0, 0.1) is 6.92 Å². The van der Waals surface area contributed by atoms with Crippen LogP contribution >= 0.6 is 11.6 Å². The van der Waals surface area contributed by atoms with Crippen LogP contribution in [0.4, 0.5) is 4.79 Å². The van der Waals surface area contributed by atoms with E-state index in [9.17, 15) is 13.2 Å². The molecule has 152 valence electrons. The first kappa shape index (κ1) is 22.2. The Labute approximate surface area is 169 Å². The predicted molar refractivity (Wildman–Crippen MR) is 107 cm³/mol. The highest BCUT2D eigenvalue weighted by molar-refractivity contribution is 7.85. The van der Waals surface area contributed by atoms with Crippen molar-refractivity contribution in [3.63, 3.8) is 0 Å². The van der Waals surface area contributed by atoms with Gasteiger partial charge in [0.1, 0.15) is 0 Å². The number of benzene rings is 2.